The van der Waals surface area contributed by atoms with Gasteiger partial charge in [-0.2, -0.15) is 0 Å². The van der Waals surface area contributed by atoms with Crippen molar-refractivity contribution in [2.45, 2.75) is 13.3 Å². The maximum absolute atomic E-state index is 10.0. The molecule has 8 heavy (non-hydrogen) atoms. The van der Waals surface area contributed by atoms with Gasteiger partial charge in [0.2, 0.25) is 11.3 Å². The zero-order valence-corrected chi connectivity index (χ0v) is 5.52. The van der Waals surface area contributed by atoms with Gasteiger partial charge in [-0.15, -0.1) is 4.41 Å². The smallest absolute Gasteiger partial charge is 0.248 e. The summed E-state index contributed by atoms with van der Waals surface area (Å²) in [7, 11) is 0. The fourth-order valence-corrected chi connectivity index (χ4v) is 0.637. The van der Waals surface area contributed by atoms with Crippen LogP contribution in [0.1, 0.15) is 13.3 Å². The number of hydrazine groups is 1. The third kappa shape index (κ3) is 3.09. The third-order valence-electron chi connectivity index (χ3n) is 0.645. The van der Waals surface area contributed by atoms with Crippen molar-refractivity contribution >= 4 is 11.3 Å². The minimum absolute atomic E-state index is 0.448. The van der Waals surface area contributed by atoms with Crippen molar-refractivity contribution in [3.63, 3.8) is 0 Å². The van der Waals surface area contributed by atoms with Gasteiger partial charge in [-0.1, -0.05) is 6.92 Å². The van der Waals surface area contributed by atoms with Crippen LogP contribution in [0.2, 0.25) is 0 Å². The maximum atomic E-state index is 10.0. The van der Waals surface area contributed by atoms with Crippen molar-refractivity contribution in [3.05, 3.63) is 0 Å². The largest absolute Gasteiger partial charge is 0.293 e. The van der Waals surface area contributed by atoms with Crippen LogP contribution >= 0.6 is 0 Å². The standard InChI is InChI=1S/C3H10N2O2S/c1-2-3-5(4)8(6)7/h2-4H2,1H3,(H,6,7). The fraction of sp³-hybridized carbons (Fsp3) is 1.00. The average Bonchev–Trinajstić information content (AvgIpc) is 1.67. The molecule has 1 atom stereocenters. The Balaban J connectivity index is 3.32. The first-order valence-electron chi connectivity index (χ1n) is 2.31. The molecule has 1 unspecified atom stereocenters. The molecule has 0 aliphatic heterocycles. The lowest BCUT2D eigenvalue weighted by Gasteiger charge is -2.06. The number of nitrogens with two attached hydrogens (primary N) is 1. The van der Waals surface area contributed by atoms with E-state index < -0.39 is 11.3 Å². The molecule has 0 spiro atoms. The van der Waals surface area contributed by atoms with Gasteiger partial charge < -0.3 is 0 Å². The van der Waals surface area contributed by atoms with E-state index in [4.69, 9.17) is 10.4 Å². The number of rotatable bonds is 3. The van der Waals surface area contributed by atoms with E-state index in [0.29, 0.717) is 6.54 Å². The number of nitrogens with zero attached hydrogens (tertiary/aromatic N) is 1. The van der Waals surface area contributed by atoms with Crippen molar-refractivity contribution in [2.75, 3.05) is 6.54 Å². The molecule has 50 valence electrons. The zero-order valence-electron chi connectivity index (χ0n) is 4.70. The van der Waals surface area contributed by atoms with Gasteiger partial charge in [-0.25, -0.2) is 4.21 Å². The SMILES string of the molecule is CCCN(N)S(=O)O. The summed E-state index contributed by atoms with van der Waals surface area (Å²) in [6.45, 7) is 2.33. The van der Waals surface area contributed by atoms with Crippen LogP contribution in [0.25, 0.3) is 0 Å². The Kier molecular flexibility index (Phi) is 3.98. The highest BCUT2D eigenvalue weighted by atomic mass is 32.2. The molecule has 3 N–H and O–H groups in total. The Morgan fingerprint density at radius 2 is 2.38 bits per heavy atom. The summed E-state index contributed by atoms with van der Waals surface area (Å²) >= 11 is -2.00. The van der Waals surface area contributed by atoms with Crippen LogP contribution < -0.4 is 5.84 Å². The van der Waals surface area contributed by atoms with E-state index in [-0.39, 0.29) is 0 Å². The first-order chi connectivity index (χ1) is 3.68. The topological polar surface area (TPSA) is 66.6 Å². The molecule has 0 saturated heterocycles. The minimum Gasteiger partial charge on any atom is -0.293 e. The Hall–Kier alpha value is 0.0300. The highest BCUT2D eigenvalue weighted by molar-refractivity contribution is 7.76. The molecule has 0 radical (unpaired) electrons. The summed E-state index contributed by atoms with van der Waals surface area (Å²) in [4.78, 5) is 0. The fourth-order valence-electron chi connectivity index (χ4n) is 0.298. The van der Waals surface area contributed by atoms with Crippen LogP contribution in [0.15, 0.2) is 0 Å². The van der Waals surface area contributed by atoms with Gasteiger partial charge in [0, 0.05) is 6.54 Å². The first kappa shape index (κ1) is 8.03. The van der Waals surface area contributed by atoms with Crippen molar-refractivity contribution in [1.29, 1.82) is 0 Å². The summed E-state index contributed by atoms with van der Waals surface area (Å²) in [5, 5.41) is 0. The van der Waals surface area contributed by atoms with Crippen LogP contribution in [0.4, 0.5) is 0 Å². The minimum atomic E-state index is -2.00. The van der Waals surface area contributed by atoms with Gasteiger partial charge in [0.05, 0.1) is 0 Å². The second kappa shape index (κ2) is 3.96. The van der Waals surface area contributed by atoms with E-state index in [0.717, 1.165) is 10.8 Å². The van der Waals surface area contributed by atoms with Crippen LogP contribution in [0.5, 0.6) is 0 Å². The zero-order chi connectivity index (χ0) is 6.57. The first-order valence-corrected chi connectivity index (χ1v) is 3.38. The van der Waals surface area contributed by atoms with Crippen molar-refractivity contribution in [3.8, 4) is 0 Å². The van der Waals surface area contributed by atoms with Gasteiger partial charge in [0.1, 0.15) is 0 Å². The van der Waals surface area contributed by atoms with Crippen LogP contribution in [-0.2, 0) is 11.3 Å². The Labute approximate surface area is 51.1 Å². The summed E-state index contributed by atoms with van der Waals surface area (Å²) in [5.41, 5.74) is 0. The summed E-state index contributed by atoms with van der Waals surface area (Å²) in [5.74, 6) is 5.01. The highest BCUT2D eigenvalue weighted by Crippen LogP contribution is 1.83. The maximum Gasteiger partial charge on any atom is 0.248 e. The van der Waals surface area contributed by atoms with Gasteiger partial charge in [0.25, 0.3) is 0 Å². The monoisotopic (exact) mass is 138 g/mol. The molecule has 0 aromatic carbocycles. The van der Waals surface area contributed by atoms with Gasteiger partial charge in [-0.3, -0.25) is 10.4 Å². The van der Waals surface area contributed by atoms with Crippen LogP contribution in [-0.4, -0.2) is 19.7 Å². The molecule has 0 aliphatic rings. The molecule has 0 rings (SSSR count). The molecule has 0 fully saturated rings. The van der Waals surface area contributed by atoms with Crippen LogP contribution in [0.3, 0.4) is 0 Å². The van der Waals surface area contributed by atoms with Gasteiger partial charge in [-0.05, 0) is 6.42 Å². The Morgan fingerprint density at radius 1 is 1.88 bits per heavy atom. The Bertz CT molecular complexity index is 87.4. The molecule has 4 nitrogen and oxygen atoms in total. The van der Waals surface area contributed by atoms with Crippen molar-refractivity contribution < 1.29 is 8.76 Å². The molecule has 0 aromatic heterocycles. The third-order valence-corrected chi connectivity index (χ3v) is 1.23. The molecule has 0 saturated carbocycles. The molecule has 5 heteroatoms. The van der Waals surface area contributed by atoms with E-state index in [9.17, 15) is 4.21 Å². The molecule has 0 heterocycles. The molecule has 0 aliphatic carbocycles. The average molecular weight is 138 g/mol. The second-order valence-corrected chi connectivity index (χ2v) is 2.30. The van der Waals surface area contributed by atoms with Gasteiger partial charge in [0.15, 0.2) is 0 Å². The quantitative estimate of drug-likeness (QED) is 0.320. The molecule has 0 aromatic rings. The molecular formula is C3H10N2O2S. The van der Waals surface area contributed by atoms with E-state index in [1.165, 1.54) is 0 Å². The van der Waals surface area contributed by atoms with Crippen LogP contribution in [0, 0.1) is 0 Å². The lowest BCUT2D eigenvalue weighted by molar-refractivity contribution is 0.409. The predicted molar refractivity (Wildman–Crippen MR) is 32.0 cm³/mol. The Morgan fingerprint density at radius 3 is 2.50 bits per heavy atom. The van der Waals surface area contributed by atoms with Crippen molar-refractivity contribution in [2.24, 2.45) is 5.84 Å². The lowest BCUT2D eigenvalue weighted by atomic mass is 10.5. The normalized spacial score (nSPS) is 14.5. The summed E-state index contributed by atoms with van der Waals surface area (Å²) in [6.07, 6.45) is 0.781. The molecule has 0 bridgehead atoms. The number of hydrogen-bond donors (Lipinski definition) is 2. The summed E-state index contributed by atoms with van der Waals surface area (Å²) in [6, 6.07) is 0. The second-order valence-electron chi connectivity index (χ2n) is 1.37. The summed E-state index contributed by atoms with van der Waals surface area (Å²) < 4.78 is 19.1. The highest BCUT2D eigenvalue weighted by Gasteiger charge is 2.00. The van der Waals surface area contributed by atoms with E-state index in [1.807, 2.05) is 6.92 Å². The molecular weight excluding hydrogens is 128 g/mol. The lowest BCUT2D eigenvalue weighted by Crippen LogP contribution is -2.33. The predicted octanol–water partition coefficient (Wildman–Crippen LogP) is -0.291. The number of hydrogen-bond acceptors (Lipinski definition) is 2. The van der Waals surface area contributed by atoms with Crippen molar-refractivity contribution in [1.82, 2.24) is 4.41 Å². The van der Waals surface area contributed by atoms with E-state index >= 15 is 0 Å². The van der Waals surface area contributed by atoms with E-state index in [2.05, 4.69) is 0 Å². The molecule has 0 amide bonds. The van der Waals surface area contributed by atoms with E-state index in [1.54, 1.807) is 0 Å². The van der Waals surface area contributed by atoms with Gasteiger partial charge >= 0.3 is 0 Å².